The Morgan fingerprint density at radius 1 is 1.43 bits per heavy atom. The van der Waals surface area contributed by atoms with Gasteiger partial charge >= 0.3 is 0 Å². The number of nitrogens with zero attached hydrogens (tertiary/aromatic N) is 1. The summed E-state index contributed by atoms with van der Waals surface area (Å²) in [5, 5.41) is 3.05. The van der Waals surface area contributed by atoms with Crippen molar-refractivity contribution in [3.05, 3.63) is 35.9 Å². The molecule has 116 valence electrons. The number of amides is 1. The first-order valence-electron chi connectivity index (χ1n) is 7.93. The predicted octanol–water partition coefficient (Wildman–Crippen LogP) is 1.58. The second-order valence-electron chi connectivity index (χ2n) is 6.09. The average Bonchev–Trinajstić information content (AvgIpc) is 2.53. The summed E-state index contributed by atoms with van der Waals surface area (Å²) in [6.07, 6.45) is 2.34. The molecule has 0 saturated carbocycles. The average molecular weight is 289 g/mol. The summed E-state index contributed by atoms with van der Waals surface area (Å²) in [4.78, 5) is 14.3. The lowest BCUT2D eigenvalue weighted by Crippen LogP contribution is -2.44. The number of piperidine rings is 1. The van der Waals surface area contributed by atoms with E-state index in [4.69, 9.17) is 5.73 Å². The molecule has 1 aromatic rings. The van der Waals surface area contributed by atoms with E-state index < -0.39 is 0 Å². The second kappa shape index (κ2) is 8.15. The molecule has 0 aliphatic carbocycles. The maximum Gasteiger partial charge on any atom is 0.234 e. The van der Waals surface area contributed by atoms with Crippen molar-refractivity contribution >= 4 is 5.91 Å². The first kappa shape index (κ1) is 16.0. The highest BCUT2D eigenvalue weighted by molar-refractivity contribution is 5.78. The molecule has 4 heteroatoms. The number of nitrogens with two attached hydrogens (primary N) is 1. The van der Waals surface area contributed by atoms with E-state index in [1.807, 2.05) is 18.2 Å². The third-order valence-corrected chi connectivity index (χ3v) is 4.28. The fourth-order valence-corrected chi connectivity index (χ4v) is 2.91. The zero-order valence-corrected chi connectivity index (χ0v) is 12.9. The van der Waals surface area contributed by atoms with Gasteiger partial charge in [-0.2, -0.15) is 0 Å². The third-order valence-electron chi connectivity index (χ3n) is 4.28. The van der Waals surface area contributed by atoms with Crippen molar-refractivity contribution < 1.29 is 4.79 Å². The van der Waals surface area contributed by atoms with Crippen molar-refractivity contribution in [3.63, 3.8) is 0 Å². The molecule has 1 saturated heterocycles. The van der Waals surface area contributed by atoms with Crippen molar-refractivity contribution in [1.82, 2.24) is 10.2 Å². The number of likely N-dealkylation sites (tertiary alicyclic amines) is 1. The maximum absolute atomic E-state index is 12.1. The van der Waals surface area contributed by atoms with Gasteiger partial charge < -0.3 is 11.1 Å². The molecule has 1 aliphatic heterocycles. The van der Waals surface area contributed by atoms with Crippen molar-refractivity contribution in [2.75, 3.05) is 32.7 Å². The van der Waals surface area contributed by atoms with Gasteiger partial charge in [-0.25, -0.2) is 0 Å². The largest absolute Gasteiger partial charge is 0.354 e. The minimum absolute atomic E-state index is 0.121. The zero-order valence-electron chi connectivity index (χ0n) is 12.9. The van der Waals surface area contributed by atoms with Crippen LogP contribution in [-0.4, -0.2) is 43.5 Å². The Bertz CT molecular complexity index is 435. The normalized spacial score (nSPS) is 21.0. The second-order valence-corrected chi connectivity index (χ2v) is 6.09. The summed E-state index contributed by atoms with van der Waals surface area (Å²) in [5.74, 6) is 1.01. The van der Waals surface area contributed by atoms with Gasteiger partial charge in [0, 0.05) is 13.1 Å². The number of hydrogen-bond donors (Lipinski definition) is 2. The van der Waals surface area contributed by atoms with E-state index in [1.165, 1.54) is 12.0 Å². The molecule has 1 aliphatic rings. The Balaban J connectivity index is 1.72. The van der Waals surface area contributed by atoms with Gasteiger partial charge in [0.1, 0.15) is 0 Å². The molecular formula is C17H27N3O. The lowest BCUT2D eigenvalue weighted by atomic mass is 9.98. The molecule has 2 unspecified atom stereocenters. The molecule has 0 radical (unpaired) electrons. The summed E-state index contributed by atoms with van der Waals surface area (Å²) < 4.78 is 0. The molecule has 3 N–H and O–H groups in total. The molecule has 0 spiro atoms. The van der Waals surface area contributed by atoms with E-state index >= 15 is 0 Å². The molecule has 4 nitrogen and oxygen atoms in total. The Labute approximate surface area is 127 Å². The molecule has 2 rings (SSSR count). The van der Waals surface area contributed by atoms with Gasteiger partial charge in [-0.05, 0) is 43.3 Å². The van der Waals surface area contributed by atoms with Crippen LogP contribution in [0.1, 0.15) is 31.2 Å². The Kier molecular flexibility index (Phi) is 6.21. The van der Waals surface area contributed by atoms with Crippen LogP contribution < -0.4 is 11.1 Å². The molecule has 0 aromatic heterocycles. The fourth-order valence-electron chi connectivity index (χ4n) is 2.91. The van der Waals surface area contributed by atoms with Crippen LogP contribution in [0.3, 0.4) is 0 Å². The smallest absolute Gasteiger partial charge is 0.234 e. The summed E-state index contributed by atoms with van der Waals surface area (Å²) in [6, 6.07) is 10.3. The molecule has 2 atom stereocenters. The van der Waals surface area contributed by atoms with Crippen molar-refractivity contribution in [1.29, 1.82) is 0 Å². The van der Waals surface area contributed by atoms with Crippen LogP contribution in [0.2, 0.25) is 0 Å². The first-order chi connectivity index (χ1) is 10.2. The molecular weight excluding hydrogens is 262 g/mol. The van der Waals surface area contributed by atoms with Crippen LogP contribution in [0, 0.1) is 5.92 Å². The van der Waals surface area contributed by atoms with Gasteiger partial charge in [0.15, 0.2) is 0 Å². The molecule has 1 amide bonds. The van der Waals surface area contributed by atoms with Gasteiger partial charge in [-0.15, -0.1) is 0 Å². The van der Waals surface area contributed by atoms with Crippen LogP contribution in [0.5, 0.6) is 0 Å². The van der Waals surface area contributed by atoms with Gasteiger partial charge in [-0.1, -0.05) is 37.3 Å². The quantitative estimate of drug-likeness (QED) is 0.836. The molecule has 1 fully saturated rings. The molecule has 0 bridgehead atoms. The molecule has 1 aromatic carbocycles. The van der Waals surface area contributed by atoms with Crippen molar-refractivity contribution in [2.45, 2.75) is 25.7 Å². The SMILES string of the molecule is CC(CNC(=O)CN1CCCC(CN)C1)c1ccccc1. The minimum atomic E-state index is 0.121. The number of carbonyl (C=O) groups is 1. The Morgan fingerprint density at radius 2 is 2.19 bits per heavy atom. The van der Waals surface area contributed by atoms with Crippen LogP contribution in [0.25, 0.3) is 0 Å². The number of carbonyl (C=O) groups excluding carboxylic acids is 1. The molecule has 21 heavy (non-hydrogen) atoms. The van der Waals surface area contributed by atoms with Crippen LogP contribution in [0.15, 0.2) is 30.3 Å². The Morgan fingerprint density at radius 3 is 2.90 bits per heavy atom. The van der Waals surface area contributed by atoms with E-state index in [0.717, 1.165) is 26.1 Å². The highest BCUT2D eigenvalue weighted by atomic mass is 16.2. The van der Waals surface area contributed by atoms with Crippen molar-refractivity contribution in [3.8, 4) is 0 Å². The topological polar surface area (TPSA) is 58.4 Å². The first-order valence-corrected chi connectivity index (χ1v) is 7.93. The standard InChI is InChI=1S/C17H27N3O/c1-14(16-7-3-2-4-8-16)11-19-17(21)13-20-9-5-6-15(10-18)12-20/h2-4,7-8,14-15H,5-6,9-13,18H2,1H3,(H,19,21). The van der Waals surface area contributed by atoms with E-state index in [9.17, 15) is 4.79 Å². The van der Waals surface area contributed by atoms with Gasteiger partial charge in [0.2, 0.25) is 5.91 Å². The zero-order chi connectivity index (χ0) is 15.1. The maximum atomic E-state index is 12.1. The highest BCUT2D eigenvalue weighted by Gasteiger charge is 2.20. The van der Waals surface area contributed by atoms with Gasteiger partial charge in [0.05, 0.1) is 6.54 Å². The van der Waals surface area contributed by atoms with E-state index in [-0.39, 0.29) is 5.91 Å². The summed E-state index contributed by atoms with van der Waals surface area (Å²) >= 11 is 0. The molecule has 1 heterocycles. The third kappa shape index (κ3) is 5.14. The van der Waals surface area contributed by atoms with E-state index in [2.05, 4.69) is 29.3 Å². The lowest BCUT2D eigenvalue weighted by molar-refractivity contribution is -0.122. The van der Waals surface area contributed by atoms with E-state index in [0.29, 0.717) is 24.9 Å². The number of nitrogens with one attached hydrogen (secondary N) is 1. The van der Waals surface area contributed by atoms with Crippen LogP contribution in [-0.2, 0) is 4.79 Å². The van der Waals surface area contributed by atoms with Crippen LogP contribution >= 0.6 is 0 Å². The Hall–Kier alpha value is -1.39. The number of rotatable bonds is 6. The van der Waals surface area contributed by atoms with Gasteiger partial charge in [-0.3, -0.25) is 9.69 Å². The number of benzene rings is 1. The lowest BCUT2D eigenvalue weighted by Gasteiger charge is -2.31. The van der Waals surface area contributed by atoms with Gasteiger partial charge in [0.25, 0.3) is 0 Å². The van der Waals surface area contributed by atoms with Crippen LogP contribution in [0.4, 0.5) is 0 Å². The highest BCUT2D eigenvalue weighted by Crippen LogP contribution is 2.15. The summed E-state index contributed by atoms with van der Waals surface area (Å²) in [7, 11) is 0. The van der Waals surface area contributed by atoms with Crippen molar-refractivity contribution in [2.24, 2.45) is 11.7 Å². The minimum Gasteiger partial charge on any atom is -0.354 e. The summed E-state index contributed by atoms with van der Waals surface area (Å²) in [6.45, 7) is 6.02. The predicted molar refractivity (Wildman–Crippen MR) is 86.1 cm³/mol. The monoisotopic (exact) mass is 289 g/mol. The summed E-state index contributed by atoms with van der Waals surface area (Å²) in [5.41, 5.74) is 6.99. The number of hydrogen-bond acceptors (Lipinski definition) is 3. The fraction of sp³-hybridized carbons (Fsp3) is 0.588. The van der Waals surface area contributed by atoms with E-state index in [1.54, 1.807) is 0 Å².